The van der Waals surface area contributed by atoms with Crippen molar-refractivity contribution in [2.45, 2.75) is 18.7 Å². The predicted molar refractivity (Wildman–Crippen MR) is 97.3 cm³/mol. The number of hydrogen-bond acceptors (Lipinski definition) is 7. The van der Waals surface area contributed by atoms with Gasteiger partial charge in [-0.25, -0.2) is 9.36 Å². The van der Waals surface area contributed by atoms with E-state index < -0.39 is 16.1 Å². The first-order chi connectivity index (χ1) is 13.1. The molecular formula is C17H16N5O5S+. The van der Waals surface area contributed by atoms with Crippen molar-refractivity contribution in [1.82, 2.24) is 15.0 Å². The van der Waals surface area contributed by atoms with Crippen molar-refractivity contribution in [1.29, 1.82) is 0 Å². The summed E-state index contributed by atoms with van der Waals surface area (Å²) in [6.07, 6.45) is 2.95. The average Bonchev–Trinajstić information content (AvgIpc) is 2.62. The average molecular weight is 402 g/mol. The van der Waals surface area contributed by atoms with Crippen LogP contribution < -0.4 is 9.88 Å². The van der Waals surface area contributed by atoms with Gasteiger partial charge in [-0.2, -0.15) is 13.4 Å². The normalized spacial score (nSPS) is 11.2. The lowest BCUT2D eigenvalue weighted by molar-refractivity contribution is -0.603. The Morgan fingerprint density at radius 2 is 1.89 bits per heavy atom. The molecular weight excluding hydrogens is 386 g/mol. The molecule has 10 nitrogen and oxygen atoms in total. The number of nitrogens with one attached hydrogen (secondary N) is 1. The van der Waals surface area contributed by atoms with E-state index in [2.05, 4.69) is 20.3 Å². The predicted octanol–water partition coefficient (Wildman–Crippen LogP) is 1.45. The molecule has 3 rings (SSSR count). The van der Waals surface area contributed by atoms with E-state index in [4.69, 9.17) is 5.11 Å². The topological polar surface area (TPSA) is 146 Å². The number of pyridine rings is 1. The summed E-state index contributed by atoms with van der Waals surface area (Å²) >= 11 is 0. The number of aromatic carboxylic acids is 1. The Labute approximate surface area is 160 Å². The van der Waals surface area contributed by atoms with Gasteiger partial charge in [-0.1, -0.05) is 11.1 Å². The van der Waals surface area contributed by atoms with E-state index in [1.807, 2.05) is 0 Å². The quantitative estimate of drug-likeness (QED) is 0.426. The maximum absolute atomic E-state index is 11.5. The molecule has 0 saturated heterocycles. The standard InChI is InChI=1S/C17H15N5O5S/c1-10-5-6-13(8-14(10)28(25,26)27)20-16-18-11(2)19-17(21-16)22-7-3-4-12(9-22)15(23)24/h3-9H,1-2H3,(H2-,18,19,20,21,23,24,25,26,27)/p+1. The number of carbonyl (C=O) groups is 1. The summed E-state index contributed by atoms with van der Waals surface area (Å²) in [7, 11) is -4.37. The lowest BCUT2D eigenvalue weighted by atomic mass is 10.2. The SMILES string of the molecule is Cc1nc(Nc2ccc(C)c(S(=O)(=O)O)c2)nc(-[n+]2cccc(C(=O)O)c2)n1. The van der Waals surface area contributed by atoms with Crippen LogP contribution in [0.5, 0.6) is 0 Å². The fourth-order valence-corrected chi connectivity index (χ4v) is 3.20. The van der Waals surface area contributed by atoms with Crippen LogP contribution in [0, 0.1) is 13.8 Å². The Bertz CT molecular complexity index is 1180. The van der Waals surface area contributed by atoms with Crippen molar-refractivity contribution < 1.29 is 27.4 Å². The second-order valence-corrected chi connectivity index (χ2v) is 7.28. The lowest BCUT2D eigenvalue weighted by Crippen LogP contribution is -2.34. The molecule has 3 N–H and O–H groups in total. The molecule has 0 amide bonds. The molecule has 0 fully saturated rings. The largest absolute Gasteiger partial charge is 0.478 e. The molecule has 0 aliphatic carbocycles. The molecule has 11 heteroatoms. The highest BCUT2D eigenvalue weighted by atomic mass is 32.2. The van der Waals surface area contributed by atoms with Gasteiger partial charge in [0.05, 0.1) is 22.9 Å². The van der Waals surface area contributed by atoms with E-state index in [-0.39, 0.29) is 22.4 Å². The smallest absolute Gasteiger partial charge is 0.442 e. The Balaban J connectivity index is 1.99. The summed E-state index contributed by atoms with van der Waals surface area (Å²) < 4.78 is 33.7. The number of anilines is 2. The molecule has 0 spiro atoms. The number of aromatic nitrogens is 4. The third-order valence-corrected chi connectivity index (χ3v) is 4.73. The van der Waals surface area contributed by atoms with Crippen molar-refractivity contribution in [2.75, 3.05) is 5.32 Å². The Kier molecular flexibility index (Phi) is 5.03. The van der Waals surface area contributed by atoms with Gasteiger partial charge in [0.15, 0.2) is 0 Å². The van der Waals surface area contributed by atoms with Crippen LogP contribution in [-0.2, 0) is 10.1 Å². The highest BCUT2D eigenvalue weighted by Gasteiger charge is 2.19. The molecule has 0 unspecified atom stereocenters. The van der Waals surface area contributed by atoms with Crippen LogP contribution in [0.25, 0.3) is 5.95 Å². The maximum Gasteiger partial charge on any atom is 0.442 e. The van der Waals surface area contributed by atoms with Crippen LogP contribution in [0.1, 0.15) is 21.7 Å². The van der Waals surface area contributed by atoms with Crippen LogP contribution in [-0.4, -0.2) is 39.0 Å². The van der Waals surface area contributed by atoms with E-state index in [0.29, 0.717) is 17.1 Å². The van der Waals surface area contributed by atoms with Crippen LogP contribution in [0.15, 0.2) is 47.6 Å². The molecule has 0 aliphatic heterocycles. The van der Waals surface area contributed by atoms with Crippen molar-refractivity contribution in [2.24, 2.45) is 0 Å². The monoisotopic (exact) mass is 402 g/mol. The molecule has 0 atom stereocenters. The maximum atomic E-state index is 11.5. The number of rotatable bonds is 5. The van der Waals surface area contributed by atoms with Crippen molar-refractivity contribution in [3.63, 3.8) is 0 Å². The zero-order valence-corrected chi connectivity index (χ0v) is 15.7. The van der Waals surface area contributed by atoms with E-state index >= 15 is 0 Å². The number of carboxylic acid groups (broad SMARTS) is 1. The summed E-state index contributed by atoms with van der Waals surface area (Å²) in [5, 5.41) is 12.0. The number of benzene rings is 1. The molecule has 0 saturated carbocycles. The van der Waals surface area contributed by atoms with Gasteiger partial charge in [0, 0.05) is 12.6 Å². The summed E-state index contributed by atoms with van der Waals surface area (Å²) in [5.41, 5.74) is 0.798. The fourth-order valence-electron chi connectivity index (χ4n) is 2.45. The highest BCUT2D eigenvalue weighted by Crippen LogP contribution is 2.21. The molecule has 3 aromatic rings. The minimum atomic E-state index is -4.37. The molecule has 1 aromatic carbocycles. The molecule has 2 heterocycles. The zero-order chi connectivity index (χ0) is 20.5. The molecule has 0 radical (unpaired) electrons. The lowest BCUT2D eigenvalue weighted by Gasteiger charge is -2.07. The summed E-state index contributed by atoms with van der Waals surface area (Å²) in [5.74, 6) is -0.417. The minimum Gasteiger partial charge on any atom is -0.478 e. The third kappa shape index (κ3) is 4.27. The van der Waals surface area contributed by atoms with Gasteiger partial charge in [-0.3, -0.25) is 4.55 Å². The Morgan fingerprint density at radius 1 is 1.14 bits per heavy atom. The van der Waals surface area contributed by atoms with Crippen LogP contribution in [0.4, 0.5) is 11.6 Å². The Hall–Kier alpha value is -3.44. The fraction of sp³-hybridized carbons (Fsp3) is 0.118. The zero-order valence-electron chi connectivity index (χ0n) is 14.9. The van der Waals surface area contributed by atoms with Crippen molar-refractivity contribution in [3.05, 3.63) is 59.7 Å². The van der Waals surface area contributed by atoms with Gasteiger partial charge < -0.3 is 10.4 Å². The molecule has 28 heavy (non-hydrogen) atoms. The van der Waals surface area contributed by atoms with E-state index in [9.17, 15) is 17.8 Å². The van der Waals surface area contributed by atoms with Gasteiger partial charge in [-0.05, 0) is 41.7 Å². The van der Waals surface area contributed by atoms with Crippen molar-refractivity contribution in [3.8, 4) is 5.95 Å². The Morgan fingerprint density at radius 3 is 2.57 bits per heavy atom. The second kappa shape index (κ2) is 7.29. The van der Waals surface area contributed by atoms with Gasteiger partial charge >= 0.3 is 17.9 Å². The van der Waals surface area contributed by atoms with E-state index in [1.54, 1.807) is 32.2 Å². The molecule has 2 aromatic heterocycles. The van der Waals surface area contributed by atoms with Gasteiger partial charge in [0.1, 0.15) is 0 Å². The number of nitrogens with zero attached hydrogens (tertiary/aromatic N) is 4. The van der Waals surface area contributed by atoms with Gasteiger partial charge in [-0.15, -0.1) is 0 Å². The van der Waals surface area contributed by atoms with Gasteiger partial charge in [0.25, 0.3) is 10.1 Å². The summed E-state index contributed by atoms with van der Waals surface area (Å²) in [6, 6.07) is 7.40. The summed E-state index contributed by atoms with van der Waals surface area (Å²) in [4.78, 5) is 23.5. The second-order valence-electron chi connectivity index (χ2n) is 5.89. The van der Waals surface area contributed by atoms with Crippen molar-refractivity contribution >= 4 is 27.7 Å². The van der Waals surface area contributed by atoms with E-state index in [0.717, 1.165) is 0 Å². The molecule has 144 valence electrons. The number of hydrogen-bond donors (Lipinski definition) is 3. The first-order valence-electron chi connectivity index (χ1n) is 7.96. The van der Waals surface area contributed by atoms with Crippen LogP contribution >= 0.6 is 0 Å². The van der Waals surface area contributed by atoms with E-state index in [1.165, 1.54) is 29.0 Å². The van der Waals surface area contributed by atoms with Crippen LogP contribution in [0.2, 0.25) is 0 Å². The number of aryl methyl sites for hydroxylation is 2. The molecule has 0 aliphatic rings. The number of carboxylic acids is 1. The first kappa shape index (κ1) is 19.3. The first-order valence-corrected chi connectivity index (χ1v) is 9.40. The minimum absolute atomic E-state index is 0.0615. The van der Waals surface area contributed by atoms with Gasteiger partial charge in [0.2, 0.25) is 5.82 Å². The summed E-state index contributed by atoms with van der Waals surface area (Å²) in [6.45, 7) is 3.20. The third-order valence-electron chi connectivity index (χ3n) is 3.74. The van der Waals surface area contributed by atoms with Crippen LogP contribution in [0.3, 0.4) is 0 Å². The highest BCUT2D eigenvalue weighted by molar-refractivity contribution is 7.85. The molecule has 0 bridgehead atoms.